The lowest BCUT2D eigenvalue weighted by atomic mass is 9.97. The quantitative estimate of drug-likeness (QED) is 0.793. The molecule has 1 aliphatic carbocycles. The SMILES string of the molecule is COC(=O)C(C)(CCn1nc(C)cc1C)NC1CC1. The molecule has 5 heteroatoms. The van der Waals surface area contributed by atoms with Gasteiger partial charge in [0.2, 0.25) is 0 Å². The summed E-state index contributed by atoms with van der Waals surface area (Å²) in [6.45, 7) is 6.64. The van der Waals surface area contributed by atoms with E-state index < -0.39 is 5.54 Å². The van der Waals surface area contributed by atoms with Crippen LogP contribution in [0.1, 0.15) is 37.6 Å². The molecule has 1 aliphatic rings. The standard InChI is InChI=1S/C14H23N3O2/c1-10-9-11(2)17(16-10)8-7-14(3,13(18)19-4)15-12-5-6-12/h9,12,15H,5-8H2,1-4H3. The molecular formula is C14H23N3O2. The van der Waals surface area contributed by atoms with Crippen LogP contribution in [-0.4, -0.2) is 34.4 Å². The number of aryl methyl sites for hydroxylation is 3. The van der Waals surface area contributed by atoms with Crippen LogP contribution in [0.5, 0.6) is 0 Å². The molecule has 0 amide bonds. The molecule has 1 heterocycles. The van der Waals surface area contributed by atoms with Gasteiger partial charge in [0.15, 0.2) is 0 Å². The number of esters is 1. The molecule has 0 spiro atoms. The molecule has 1 saturated carbocycles. The van der Waals surface area contributed by atoms with Crippen molar-refractivity contribution in [2.45, 2.75) is 58.2 Å². The molecular weight excluding hydrogens is 242 g/mol. The fourth-order valence-electron chi connectivity index (χ4n) is 2.37. The molecule has 0 saturated heterocycles. The Morgan fingerprint density at radius 2 is 2.26 bits per heavy atom. The van der Waals surface area contributed by atoms with Crippen molar-refractivity contribution in [2.75, 3.05) is 7.11 Å². The molecule has 0 bridgehead atoms. The largest absolute Gasteiger partial charge is 0.468 e. The molecule has 106 valence electrons. The van der Waals surface area contributed by atoms with Gasteiger partial charge in [-0.2, -0.15) is 5.10 Å². The number of hydrogen-bond donors (Lipinski definition) is 1. The molecule has 2 rings (SSSR count). The highest BCUT2D eigenvalue weighted by atomic mass is 16.5. The molecule has 0 radical (unpaired) electrons. The summed E-state index contributed by atoms with van der Waals surface area (Å²) >= 11 is 0. The zero-order chi connectivity index (χ0) is 14.0. The summed E-state index contributed by atoms with van der Waals surface area (Å²) < 4.78 is 6.89. The molecule has 19 heavy (non-hydrogen) atoms. The van der Waals surface area contributed by atoms with E-state index in [0.717, 1.165) is 24.2 Å². The topological polar surface area (TPSA) is 56.2 Å². The number of methoxy groups -OCH3 is 1. The van der Waals surface area contributed by atoms with Crippen molar-refractivity contribution in [1.29, 1.82) is 0 Å². The first kappa shape index (κ1) is 14.1. The molecule has 1 aromatic rings. The third-order valence-electron chi connectivity index (χ3n) is 3.66. The van der Waals surface area contributed by atoms with E-state index in [9.17, 15) is 4.79 Å². The van der Waals surface area contributed by atoms with E-state index in [4.69, 9.17) is 4.74 Å². The third kappa shape index (κ3) is 3.35. The van der Waals surface area contributed by atoms with Crippen LogP contribution in [0.4, 0.5) is 0 Å². The minimum atomic E-state index is -0.623. The van der Waals surface area contributed by atoms with Gasteiger partial charge in [0.05, 0.1) is 12.8 Å². The molecule has 0 aliphatic heterocycles. The van der Waals surface area contributed by atoms with Gasteiger partial charge in [-0.15, -0.1) is 0 Å². The Labute approximate surface area is 114 Å². The second-order valence-corrected chi connectivity index (χ2v) is 5.64. The van der Waals surface area contributed by atoms with Crippen LogP contribution < -0.4 is 5.32 Å². The van der Waals surface area contributed by atoms with Crippen LogP contribution in [0.3, 0.4) is 0 Å². The van der Waals surface area contributed by atoms with E-state index >= 15 is 0 Å². The number of hydrogen-bond acceptors (Lipinski definition) is 4. The molecule has 0 aromatic carbocycles. The van der Waals surface area contributed by atoms with Crippen molar-refractivity contribution in [1.82, 2.24) is 15.1 Å². The summed E-state index contributed by atoms with van der Waals surface area (Å²) in [6.07, 6.45) is 2.97. The average molecular weight is 265 g/mol. The monoisotopic (exact) mass is 265 g/mol. The normalized spacial score (nSPS) is 18.1. The molecule has 1 fully saturated rings. The number of carbonyl (C=O) groups is 1. The highest BCUT2D eigenvalue weighted by Crippen LogP contribution is 2.25. The van der Waals surface area contributed by atoms with Crippen molar-refractivity contribution >= 4 is 5.97 Å². The number of carbonyl (C=O) groups excluding carboxylic acids is 1. The van der Waals surface area contributed by atoms with E-state index in [1.807, 2.05) is 31.5 Å². The molecule has 1 N–H and O–H groups in total. The Morgan fingerprint density at radius 1 is 1.58 bits per heavy atom. The first-order valence-electron chi connectivity index (χ1n) is 6.82. The smallest absolute Gasteiger partial charge is 0.325 e. The van der Waals surface area contributed by atoms with Crippen LogP contribution in [0, 0.1) is 13.8 Å². The summed E-state index contributed by atoms with van der Waals surface area (Å²) in [5, 5.41) is 7.83. The van der Waals surface area contributed by atoms with Crippen molar-refractivity contribution in [3.8, 4) is 0 Å². The predicted molar refractivity (Wildman–Crippen MR) is 72.9 cm³/mol. The Bertz CT molecular complexity index is 465. The van der Waals surface area contributed by atoms with Gasteiger partial charge >= 0.3 is 5.97 Å². The zero-order valence-corrected chi connectivity index (χ0v) is 12.2. The highest BCUT2D eigenvalue weighted by molar-refractivity contribution is 5.80. The minimum absolute atomic E-state index is 0.194. The summed E-state index contributed by atoms with van der Waals surface area (Å²) in [5.41, 5.74) is 1.51. The Hall–Kier alpha value is -1.36. The Balaban J connectivity index is 2.03. The lowest BCUT2D eigenvalue weighted by molar-refractivity contribution is -0.148. The van der Waals surface area contributed by atoms with E-state index in [0.29, 0.717) is 19.0 Å². The number of ether oxygens (including phenoxy) is 1. The Kier molecular flexibility index (Phi) is 3.94. The first-order valence-corrected chi connectivity index (χ1v) is 6.82. The van der Waals surface area contributed by atoms with Gasteiger partial charge in [-0.1, -0.05) is 0 Å². The summed E-state index contributed by atoms with van der Waals surface area (Å²) in [5.74, 6) is -0.194. The minimum Gasteiger partial charge on any atom is -0.468 e. The fraction of sp³-hybridized carbons (Fsp3) is 0.714. The van der Waals surface area contributed by atoms with Crippen LogP contribution in [0.25, 0.3) is 0 Å². The maximum atomic E-state index is 12.0. The summed E-state index contributed by atoms with van der Waals surface area (Å²) in [6, 6.07) is 2.51. The average Bonchev–Trinajstić information content (AvgIpc) is 3.10. The summed E-state index contributed by atoms with van der Waals surface area (Å²) in [7, 11) is 1.44. The van der Waals surface area contributed by atoms with E-state index in [-0.39, 0.29) is 5.97 Å². The number of nitrogens with zero attached hydrogens (tertiary/aromatic N) is 2. The second kappa shape index (κ2) is 5.33. The van der Waals surface area contributed by atoms with Gasteiger partial charge in [-0.25, -0.2) is 0 Å². The maximum absolute atomic E-state index is 12.0. The molecule has 5 nitrogen and oxygen atoms in total. The highest BCUT2D eigenvalue weighted by Gasteiger charge is 2.39. The van der Waals surface area contributed by atoms with Crippen LogP contribution in [0.2, 0.25) is 0 Å². The number of nitrogens with one attached hydrogen (secondary N) is 1. The van der Waals surface area contributed by atoms with Crippen molar-refractivity contribution in [2.24, 2.45) is 0 Å². The predicted octanol–water partition coefficient (Wildman–Crippen LogP) is 1.57. The van der Waals surface area contributed by atoms with Crippen LogP contribution in [-0.2, 0) is 16.1 Å². The van der Waals surface area contributed by atoms with Gasteiger partial charge in [0, 0.05) is 18.3 Å². The lowest BCUT2D eigenvalue weighted by Crippen LogP contribution is -2.51. The lowest BCUT2D eigenvalue weighted by Gasteiger charge is -2.28. The fourth-order valence-corrected chi connectivity index (χ4v) is 2.37. The molecule has 1 aromatic heterocycles. The van der Waals surface area contributed by atoms with Gasteiger partial charge in [0.1, 0.15) is 5.54 Å². The van der Waals surface area contributed by atoms with Crippen molar-refractivity contribution in [3.63, 3.8) is 0 Å². The van der Waals surface area contributed by atoms with Gasteiger partial charge in [0.25, 0.3) is 0 Å². The molecule has 1 atom stereocenters. The van der Waals surface area contributed by atoms with E-state index in [2.05, 4.69) is 10.4 Å². The molecule has 1 unspecified atom stereocenters. The van der Waals surface area contributed by atoms with Crippen LogP contribution >= 0.6 is 0 Å². The second-order valence-electron chi connectivity index (χ2n) is 5.64. The van der Waals surface area contributed by atoms with Gasteiger partial charge < -0.3 is 4.74 Å². The van der Waals surface area contributed by atoms with Crippen molar-refractivity contribution in [3.05, 3.63) is 17.5 Å². The first-order chi connectivity index (χ1) is 8.94. The number of aromatic nitrogens is 2. The van der Waals surface area contributed by atoms with Crippen molar-refractivity contribution < 1.29 is 9.53 Å². The van der Waals surface area contributed by atoms with E-state index in [1.165, 1.54) is 7.11 Å². The number of rotatable bonds is 6. The zero-order valence-electron chi connectivity index (χ0n) is 12.2. The maximum Gasteiger partial charge on any atom is 0.325 e. The van der Waals surface area contributed by atoms with Gasteiger partial charge in [-0.05, 0) is 46.1 Å². The van der Waals surface area contributed by atoms with Gasteiger partial charge in [-0.3, -0.25) is 14.8 Å². The Morgan fingerprint density at radius 3 is 2.74 bits per heavy atom. The van der Waals surface area contributed by atoms with E-state index in [1.54, 1.807) is 0 Å². The van der Waals surface area contributed by atoms with Crippen LogP contribution in [0.15, 0.2) is 6.07 Å². The third-order valence-corrected chi connectivity index (χ3v) is 3.66. The summed E-state index contributed by atoms with van der Waals surface area (Å²) in [4.78, 5) is 12.0.